The Bertz CT molecular complexity index is 113. The number of hydrogen-bond acceptors (Lipinski definition) is 4. The predicted octanol–water partition coefficient (Wildman–Crippen LogP) is -0.327. The van der Waals surface area contributed by atoms with Gasteiger partial charge in [0.1, 0.15) is 0 Å². The van der Waals surface area contributed by atoms with Crippen LogP contribution in [-0.4, -0.2) is 31.1 Å². The molecule has 0 atom stereocenters. The molecule has 4 heteroatoms. The summed E-state index contributed by atoms with van der Waals surface area (Å²) in [5.41, 5.74) is -0.0650. The number of aliphatic hydroxyl groups is 1. The van der Waals surface area contributed by atoms with Crippen LogP contribution in [0.5, 0.6) is 0 Å². The van der Waals surface area contributed by atoms with Crippen molar-refractivity contribution in [3.05, 3.63) is 0 Å². The van der Waals surface area contributed by atoms with Gasteiger partial charge in [-0.3, -0.25) is 0 Å². The van der Waals surface area contributed by atoms with E-state index >= 15 is 0 Å². The first kappa shape index (κ1) is 6.54. The van der Waals surface area contributed by atoms with Crippen molar-refractivity contribution in [2.75, 3.05) is 19.8 Å². The van der Waals surface area contributed by atoms with Gasteiger partial charge in [-0.15, -0.1) is 0 Å². The average molecular weight is 146 g/mol. The van der Waals surface area contributed by atoms with Crippen molar-refractivity contribution in [2.45, 2.75) is 13.1 Å². The lowest BCUT2D eigenvalue weighted by Crippen LogP contribution is -2.58. The summed E-state index contributed by atoms with van der Waals surface area (Å²) in [6.07, 6.45) is -1.74. The van der Waals surface area contributed by atoms with Gasteiger partial charge in [-0.1, -0.05) is 6.92 Å². The Morgan fingerprint density at radius 1 is 1.10 bits per heavy atom. The van der Waals surface area contributed by atoms with Gasteiger partial charge in [-0.05, 0) is 0 Å². The summed E-state index contributed by atoms with van der Waals surface area (Å²) in [7, 11) is 0. The van der Waals surface area contributed by atoms with Crippen LogP contribution in [0.15, 0.2) is 0 Å². The molecule has 0 unspecified atom stereocenters. The van der Waals surface area contributed by atoms with E-state index in [0.717, 1.165) is 0 Å². The summed E-state index contributed by atoms with van der Waals surface area (Å²) in [5.74, 6) is 0. The minimum absolute atomic E-state index is 0.0650. The fourth-order valence-corrected chi connectivity index (χ4v) is 1.05. The van der Waals surface area contributed by atoms with E-state index in [1.54, 1.807) is 0 Å². The third kappa shape index (κ3) is 0.845. The largest absolute Gasteiger partial charge is 0.410 e. The monoisotopic (exact) mass is 146 g/mol. The number of ether oxygens (including phenoxy) is 3. The van der Waals surface area contributed by atoms with Crippen LogP contribution < -0.4 is 0 Å². The van der Waals surface area contributed by atoms with Crippen LogP contribution in [0, 0.1) is 5.41 Å². The maximum absolute atomic E-state index is 9.17. The molecule has 3 saturated heterocycles. The molecule has 3 aliphatic rings. The number of rotatable bonds is 0. The quantitative estimate of drug-likeness (QED) is 0.508. The van der Waals surface area contributed by atoms with Crippen LogP contribution in [0.3, 0.4) is 0 Å². The fraction of sp³-hybridized carbons (Fsp3) is 1.00. The summed E-state index contributed by atoms with van der Waals surface area (Å²) < 4.78 is 14.6. The second-order valence-electron chi connectivity index (χ2n) is 3.20. The third-order valence-electron chi connectivity index (χ3n) is 1.81. The van der Waals surface area contributed by atoms with Gasteiger partial charge < -0.3 is 19.3 Å². The smallest absolute Gasteiger partial charge is 0.319 e. The van der Waals surface area contributed by atoms with Crippen molar-refractivity contribution in [3.8, 4) is 0 Å². The van der Waals surface area contributed by atoms with Crippen molar-refractivity contribution < 1.29 is 19.3 Å². The first-order valence-corrected chi connectivity index (χ1v) is 3.26. The van der Waals surface area contributed by atoms with Crippen LogP contribution in [-0.2, 0) is 14.2 Å². The highest BCUT2D eigenvalue weighted by Gasteiger charge is 2.49. The molecule has 0 aromatic heterocycles. The Morgan fingerprint density at radius 2 is 1.50 bits per heavy atom. The summed E-state index contributed by atoms with van der Waals surface area (Å²) >= 11 is 0. The van der Waals surface area contributed by atoms with Gasteiger partial charge in [0.25, 0.3) is 0 Å². The minimum atomic E-state index is -1.74. The topological polar surface area (TPSA) is 47.9 Å². The number of hydrogen-bond donors (Lipinski definition) is 1. The molecule has 58 valence electrons. The molecule has 10 heavy (non-hydrogen) atoms. The summed E-state index contributed by atoms with van der Waals surface area (Å²) in [4.78, 5) is 0. The first-order valence-electron chi connectivity index (χ1n) is 3.26. The molecule has 4 nitrogen and oxygen atoms in total. The molecule has 3 rings (SSSR count). The molecular formula is C6H10O4. The van der Waals surface area contributed by atoms with Crippen LogP contribution in [0.4, 0.5) is 0 Å². The van der Waals surface area contributed by atoms with Crippen molar-refractivity contribution in [3.63, 3.8) is 0 Å². The lowest BCUT2D eigenvalue weighted by atomic mass is 9.93. The first-order chi connectivity index (χ1) is 4.62. The average Bonchev–Trinajstić information content (AvgIpc) is 1.93. The molecule has 3 aliphatic heterocycles. The molecular weight excluding hydrogens is 136 g/mol. The standard InChI is InChI=1S/C6H10O4/c1-5-2-8-6(7,9-3-5)10-4-5/h7H,2-4H2,1H3. The minimum Gasteiger partial charge on any atom is -0.319 e. The van der Waals surface area contributed by atoms with Crippen LogP contribution in [0.25, 0.3) is 0 Å². The van der Waals surface area contributed by atoms with Gasteiger partial charge in [0.2, 0.25) is 0 Å². The SMILES string of the molecule is CC12COC(O)(OC1)OC2. The second-order valence-corrected chi connectivity index (χ2v) is 3.20. The third-order valence-corrected chi connectivity index (χ3v) is 1.81. The molecule has 3 heterocycles. The van der Waals surface area contributed by atoms with Gasteiger partial charge in [0.15, 0.2) is 0 Å². The Kier molecular flexibility index (Phi) is 1.12. The molecule has 0 aromatic rings. The highest BCUT2D eigenvalue weighted by Crippen LogP contribution is 2.35. The lowest BCUT2D eigenvalue weighted by molar-refractivity contribution is -0.548. The predicted molar refractivity (Wildman–Crippen MR) is 30.9 cm³/mol. The number of fused-ring (bicyclic) bond motifs is 3. The normalized spacial score (nSPS) is 53.4. The molecule has 0 saturated carbocycles. The van der Waals surface area contributed by atoms with E-state index in [0.29, 0.717) is 19.8 Å². The zero-order chi connectivity index (χ0) is 7.24. The van der Waals surface area contributed by atoms with Crippen molar-refractivity contribution in [2.24, 2.45) is 5.41 Å². The van der Waals surface area contributed by atoms with Crippen molar-refractivity contribution in [1.82, 2.24) is 0 Å². The van der Waals surface area contributed by atoms with E-state index in [1.165, 1.54) is 0 Å². The molecule has 0 radical (unpaired) electrons. The van der Waals surface area contributed by atoms with Crippen LogP contribution >= 0.6 is 0 Å². The molecule has 0 aliphatic carbocycles. The van der Waals surface area contributed by atoms with Gasteiger partial charge in [-0.2, -0.15) is 0 Å². The van der Waals surface area contributed by atoms with E-state index in [2.05, 4.69) is 0 Å². The van der Waals surface area contributed by atoms with E-state index in [9.17, 15) is 0 Å². The maximum Gasteiger partial charge on any atom is 0.410 e. The van der Waals surface area contributed by atoms with Crippen LogP contribution in [0.2, 0.25) is 0 Å². The molecule has 0 amide bonds. The van der Waals surface area contributed by atoms with Gasteiger partial charge in [0, 0.05) is 5.41 Å². The molecule has 2 bridgehead atoms. The fourth-order valence-electron chi connectivity index (χ4n) is 1.05. The van der Waals surface area contributed by atoms with E-state index in [1.807, 2.05) is 6.92 Å². The Morgan fingerprint density at radius 3 is 1.80 bits per heavy atom. The van der Waals surface area contributed by atoms with E-state index in [-0.39, 0.29) is 5.41 Å². The molecule has 0 aromatic carbocycles. The van der Waals surface area contributed by atoms with Gasteiger partial charge >= 0.3 is 6.16 Å². The summed E-state index contributed by atoms with van der Waals surface area (Å²) in [6.45, 7) is 3.50. The Labute approximate surface area is 58.7 Å². The summed E-state index contributed by atoms with van der Waals surface area (Å²) in [6, 6.07) is 0. The van der Waals surface area contributed by atoms with E-state index in [4.69, 9.17) is 19.3 Å². The van der Waals surface area contributed by atoms with Gasteiger partial charge in [0.05, 0.1) is 19.8 Å². The highest BCUT2D eigenvalue weighted by molar-refractivity contribution is 4.80. The highest BCUT2D eigenvalue weighted by atomic mass is 17.0. The summed E-state index contributed by atoms with van der Waals surface area (Å²) in [5, 5.41) is 9.17. The molecule has 3 fully saturated rings. The Hall–Kier alpha value is -0.160. The lowest BCUT2D eigenvalue weighted by Gasteiger charge is -2.46. The molecule has 1 N–H and O–H groups in total. The maximum atomic E-state index is 9.17. The zero-order valence-electron chi connectivity index (χ0n) is 5.79. The molecule has 0 spiro atoms. The van der Waals surface area contributed by atoms with Crippen molar-refractivity contribution >= 4 is 0 Å². The van der Waals surface area contributed by atoms with Crippen molar-refractivity contribution in [1.29, 1.82) is 0 Å². The van der Waals surface area contributed by atoms with E-state index < -0.39 is 6.16 Å². The Balaban J connectivity index is 2.16. The second kappa shape index (κ2) is 1.71. The van der Waals surface area contributed by atoms with Gasteiger partial charge in [-0.25, -0.2) is 0 Å². The zero-order valence-corrected chi connectivity index (χ0v) is 5.79. The van der Waals surface area contributed by atoms with Crippen LogP contribution in [0.1, 0.15) is 6.92 Å².